The molecule has 0 aliphatic rings. The quantitative estimate of drug-likeness (QED) is 0.538. The van der Waals surface area contributed by atoms with Crippen LogP contribution in [0.4, 0.5) is 0 Å². The van der Waals surface area contributed by atoms with Crippen LogP contribution in [0, 0.1) is 0 Å². The molecule has 3 rings (SSSR count). The maximum Gasteiger partial charge on any atom is 0.111 e. The van der Waals surface area contributed by atoms with Crippen molar-refractivity contribution in [1.82, 2.24) is 24.6 Å². The Hall–Kier alpha value is -1.83. The molecule has 0 radical (unpaired) electrons. The van der Waals surface area contributed by atoms with E-state index >= 15 is 0 Å². The first-order valence-electron chi connectivity index (χ1n) is 7.00. The third-order valence-electron chi connectivity index (χ3n) is 3.50. The van der Waals surface area contributed by atoms with Gasteiger partial charge in [0, 0.05) is 18.3 Å². The number of hydrogen-bond donors (Lipinski definition) is 2. The van der Waals surface area contributed by atoms with Gasteiger partial charge in [-0.05, 0) is 30.1 Å². The second-order valence-electron chi connectivity index (χ2n) is 4.92. The van der Waals surface area contributed by atoms with Gasteiger partial charge in [0.1, 0.15) is 5.82 Å². The number of para-hydroxylation sites is 2. The fourth-order valence-corrected chi connectivity index (χ4v) is 3.02. The van der Waals surface area contributed by atoms with Gasteiger partial charge in [-0.2, -0.15) is 0 Å². The first kappa shape index (κ1) is 14.1. The summed E-state index contributed by atoms with van der Waals surface area (Å²) in [6, 6.07) is 8.13. The molecular formula is C14H18N6S. The molecule has 2 heterocycles. The zero-order valence-corrected chi connectivity index (χ0v) is 12.7. The minimum absolute atomic E-state index is 0.0730. The molecule has 0 amide bonds. The zero-order valence-electron chi connectivity index (χ0n) is 11.9. The number of imidazole rings is 1. The summed E-state index contributed by atoms with van der Waals surface area (Å²) in [7, 11) is 0. The van der Waals surface area contributed by atoms with Crippen LogP contribution in [0.1, 0.15) is 30.9 Å². The molecule has 1 unspecified atom stereocenters. The van der Waals surface area contributed by atoms with E-state index in [4.69, 9.17) is 10.8 Å². The fourth-order valence-electron chi connectivity index (χ4n) is 2.51. The van der Waals surface area contributed by atoms with Crippen molar-refractivity contribution in [2.24, 2.45) is 5.84 Å². The average Bonchev–Trinajstić information content (AvgIpc) is 3.14. The van der Waals surface area contributed by atoms with Crippen molar-refractivity contribution in [3.8, 4) is 0 Å². The number of benzene rings is 1. The molecule has 21 heavy (non-hydrogen) atoms. The Morgan fingerprint density at radius 3 is 2.95 bits per heavy atom. The lowest BCUT2D eigenvalue weighted by molar-refractivity contribution is 0.509. The third-order valence-corrected chi connectivity index (χ3v) is 4.03. The van der Waals surface area contributed by atoms with Crippen LogP contribution >= 0.6 is 11.5 Å². The number of nitrogens with two attached hydrogens (primary N) is 1. The Labute approximate surface area is 127 Å². The lowest BCUT2D eigenvalue weighted by Gasteiger charge is -2.14. The fraction of sp³-hybridized carbons (Fsp3) is 0.357. The monoisotopic (exact) mass is 302 g/mol. The molecule has 6 nitrogen and oxygen atoms in total. The van der Waals surface area contributed by atoms with E-state index in [1.54, 1.807) is 0 Å². The Bertz CT molecular complexity index is 705. The first-order valence-corrected chi connectivity index (χ1v) is 7.84. The van der Waals surface area contributed by atoms with Crippen molar-refractivity contribution in [2.45, 2.75) is 32.4 Å². The van der Waals surface area contributed by atoms with Crippen LogP contribution < -0.4 is 11.3 Å². The van der Waals surface area contributed by atoms with Crippen LogP contribution in [-0.4, -0.2) is 19.1 Å². The second kappa shape index (κ2) is 6.30. The van der Waals surface area contributed by atoms with Crippen molar-refractivity contribution >= 4 is 22.6 Å². The van der Waals surface area contributed by atoms with Crippen molar-refractivity contribution in [3.63, 3.8) is 0 Å². The topological polar surface area (TPSA) is 81.7 Å². The number of nitrogens with zero attached hydrogens (tertiary/aromatic N) is 4. The number of aromatic nitrogens is 4. The van der Waals surface area contributed by atoms with Gasteiger partial charge in [-0.1, -0.05) is 23.5 Å². The molecule has 110 valence electrons. The van der Waals surface area contributed by atoms with Crippen molar-refractivity contribution in [3.05, 3.63) is 41.2 Å². The molecular weight excluding hydrogens is 284 g/mol. The summed E-state index contributed by atoms with van der Waals surface area (Å²) in [5.41, 5.74) is 5.87. The minimum atomic E-state index is -0.0730. The highest BCUT2D eigenvalue weighted by Crippen LogP contribution is 2.21. The summed E-state index contributed by atoms with van der Waals surface area (Å²) in [6.45, 7) is 3.12. The highest BCUT2D eigenvalue weighted by molar-refractivity contribution is 7.03. The molecule has 0 saturated heterocycles. The van der Waals surface area contributed by atoms with E-state index in [1.807, 2.05) is 23.6 Å². The van der Waals surface area contributed by atoms with E-state index in [0.717, 1.165) is 30.0 Å². The van der Waals surface area contributed by atoms with E-state index in [9.17, 15) is 0 Å². The van der Waals surface area contributed by atoms with Crippen LogP contribution in [0.2, 0.25) is 0 Å². The summed E-state index contributed by atoms with van der Waals surface area (Å²) in [5, 5.41) is 6.02. The van der Waals surface area contributed by atoms with E-state index in [1.165, 1.54) is 17.0 Å². The molecule has 1 aromatic carbocycles. The van der Waals surface area contributed by atoms with Crippen LogP contribution in [0.25, 0.3) is 11.0 Å². The van der Waals surface area contributed by atoms with Crippen LogP contribution in [0.5, 0.6) is 0 Å². The zero-order chi connectivity index (χ0) is 14.7. The molecule has 2 aromatic heterocycles. The van der Waals surface area contributed by atoms with Gasteiger partial charge in [0.05, 0.1) is 22.8 Å². The standard InChI is InChI=1S/C14H18N6S/c1-2-7-20-13-6-4-3-5-10(13)16-14(20)8-11(17-15)12-9-21-19-18-12/h3-6,9,11,17H,2,7-8,15H2,1H3. The number of fused-ring (bicyclic) bond motifs is 1. The Kier molecular flexibility index (Phi) is 4.23. The number of nitrogens with one attached hydrogen (secondary N) is 1. The van der Waals surface area contributed by atoms with Gasteiger partial charge in [-0.15, -0.1) is 5.10 Å². The van der Waals surface area contributed by atoms with Gasteiger partial charge in [0.2, 0.25) is 0 Å². The number of rotatable bonds is 6. The van der Waals surface area contributed by atoms with Crippen LogP contribution in [0.3, 0.4) is 0 Å². The lowest BCUT2D eigenvalue weighted by atomic mass is 10.1. The van der Waals surface area contributed by atoms with Gasteiger partial charge in [-0.3, -0.25) is 11.3 Å². The van der Waals surface area contributed by atoms with E-state index in [0.29, 0.717) is 6.42 Å². The molecule has 3 N–H and O–H groups in total. The molecule has 0 bridgehead atoms. The summed E-state index contributed by atoms with van der Waals surface area (Å²) in [6.07, 6.45) is 1.75. The Morgan fingerprint density at radius 2 is 2.24 bits per heavy atom. The molecule has 0 saturated carbocycles. The van der Waals surface area contributed by atoms with Gasteiger partial charge < -0.3 is 4.57 Å². The highest BCUT2D eigenvalue weighted by Gasteiger charge is 2.18. The van der Waals surface area contributed by atoms with Gasteiger partial charge in [0.15, 0.2) is 0 Å². The maximum atomic E-state index is 5.68. The normalized spacial score (nSPS) is 12.9. The number of aryl methyl sites for hydroxylation is 1. The van der Waals surface area contributed by atoms with Crippen molar-refractivity contribution in [1.29, 1.82) is 0 Å². The van der Waals surface area contributed by atoms with Crippen molar-refractivity contribution in [2.75, 3.05) is 0 Å². The molecule has 1 atom stereocenters. The molecule has 0 aliphatic heterocycles. The van der Waals surface area contributed by atoms with E-state index in [-0.39, 0.29) is 6.04 Å². The Balaban J connectivity index is 1.97. The smallest absolute Gasteiger partial charge is 0.111 e. The first-order chi connectivity index (χ1) is 10.3. The molecule has 7 heteroatoms. The van der Waals surface area contributed by atoms with Crippen LogP contribution in [-0.2, 0) is 13.0 Å². The Morgan fingerprint density at radius 1 is 1.38 bits per heavy atom. The highest BCUT2D eigenvalue weighted by atomic mass is 32.1. The SMILES string of the molecule is CCCn1c(CC(NN)c2csnn2)nc2ccccc21. The summed E-state index contributed by atoms with van der Waals surface area (Å²) in [4.78, 5) is 4.75. The predicted octanol–water partition coefficient (Wildman–Crippen LogP) is 2.04. The van der Waals surface area contributed by atoms with Crippen molar-refractivity contribution < 1.29 is 0 Å². The molecule has 3 aromatic rings. The summed E-state index contributed by atoms with van der Waals surface area (Å²) in [5.74, 6) is 6.70. The average molecular weight is 302 g/mol. The number of hydrazine groups is 1. The maximum absolute atomic E-state index is 5.68. The summed E-state index contributed by atoms with van der Waals surface area (Å²) < 4.78 is 6.17. The predicted molar refractivity (Wildman–Crippen MR) is 83.7 cm³/mol. The molecule has 0 aliphatic carbocycles. The van der Waals surface area contributed by atoms with Gasteiger partial charge in [-0.25, -0.2) is 4.98 Å². The van der Waals surface area contributed by atoms with E-state index in [2.05, 4.69) is 32.6 Å². The summed E-state index contributed by atoms with van der Waals surface area (Å²) >= 11 is 1.33. The lowest BCUT2D eigenvalue weighted by Crippen LogP contribution is -2.30. The van der Waals surface area contributed by atoms with Gasteiger partial charge in [0.25, 0.3) is 0 Å². The minimum Gasteiger partial charge on any atom is -0.328 e. The van der Waals surface area contributed by atoms with E-state index < -0.39 is 0 Å². The van der Waals surface area contributed by atoms with Crippen LogP contribution in [0.15, 0.2) is 29.6 Å². The molecule has 0 fully saturated rings. The number of hydrogen-bond acceptors (Lipinski definition) is 6. The largest absolute Gasteiger partial charge is 0.328 e. The molecule has 0 spiro atoms. The third kappa shape index (κ3) is 2.80. The van der Waals surface area contributed by atoms with Gasteiger partial charge >= 0.3 is 0 Å². The second-order valence-corrected chi connectivity index (χ2v) is 5.53.